The monoisotopic (exact) mass is 364 g/mol. The molecule has 1 atom stereocenters. The van der Waals surface area contributed by atoms with Crippen LogP contribution in [-0.4, -0.2) is 26.2 Å². The molecule has 0 aromatic heterocycles. The van der Waals surface area contributed by atoms with Crippen LogP contribution in [0.25, 0.3) is 0 Å². The van der Waals surface area contributed by atoms with E-state index in [1.807, 2.05) is 12.1 Å². The molecule has 0 bridgehead atoms. The normalized spacial score (nSPS) is 19.9. The lowest BCUT2D eigenvalue weighted by atomic mass is 10.1. The van der Waals surface area contributed by atoms with E-state index >= 15 is 0 Å². The van der Waals surface area contributed by atoms with Crippen LogP contribution in [0, 0.1) is 9.49 Å². The Hall–Kier alpha value is -0.000000000000000111. The van der Waals surface area contributed by atoms with Crippen LogP contribution in [0.15, 0.2) is 18.2 Å². The van der Waals surface area contributed by atoms with Gasteiger partial charge in [0.15, 0.2) is 0 Å². The molecule has 1 aliphatic heterocycles. The van der Waals surface area contributed by atoms with E-state index in [-0.39, 0.29) is 0 Å². The van der Waals surface area contributed by atoms with Crippen molar-refractivity contribution in [3.05, 3.63) is 26.8 Å². The summed E-state index contributed by atoms with van der Waals surface area (Å²) < 4.78 is 1.25. The zero-order chi connectivity index (χ0) is 12.3. The minimum atomic E-state index is 0.779. The Morgan fingerprint density at radius 3 is 3.06 bits per heavy atom. The molecule has 0 spiro atoms. The van der Waals surface area contributed by atoms with Crippen LogP contribution < -0.4 is 10.2 Å². The van der Waals surface area contributed by atoms with Gasteiger partial charge < -0.3 is 10.2 Å². The first-order valence-corrected chi connectivity index (χ1v) is 7.57. The molecule has 1 fully saturated rings. The standard InChI is InChI=1S/C13H18ClIN2/c1-2-16-8-10-5-6-17(9-10)13-4-3-11(14)7-12(13)15/h3-4,7,10,16H,2,5-6,8-9H2,1H3. The molecule has 0 amide bonds. The molecule has 0 aliphatic carbocycles. The fourth-order valence-corrected chi connectivity index (χ4v) is 3.52. The Morgan fingerprint density at radius 1 is 1.53 bits per heavy atom. The lowest BCUT2D eigenvalue weighted by Crippen LogP contribution is -2.26. The molecular formula is C13H18ClIN2. The van der Waals surface area contributed by atoms with E-state index in [0.29, 0.717) is 0 Å². The predicted octanol–water partition coefficient (Wildman–Crippen LogP) is 3.38. The molecule has 1 aromatic rings. The second kappa shape index (κ2) is 6.25. The first kappa shape index (κ1) is 13.4. The van der Waals surface area contributed by atoms with Crippen LogP contribution in [0.3, 0.4) is 0 Å². The first-order valence-electron chi connectivity index (χ1n) is 6.11. The first-order chi connectivity index (χ1) is 8.20. The van der Waals surface area contributed by atoms with Crippen molar-refractivity contribution < 1.29 is 0 Å². The smallest absolute Gasteiger partial charge is 0.0503 e. The average molecular weight is 365 g/mol. The zero-order valence-electron chi connectivity index (χ0n) is 10.0. The molecule has 4 heteroatoms. The van der Waals surface area contributed by atoms with Crippen molar-refractivity contribution in [2.45, 2.75) is 13.3 Å². The lowest BCUT2D eigenvalue weighted by Gasteiger charge is -2.20. The van der Waals surface area contributed by atoms with Gasteiger partial charge in [-0.3, -0.25) is 0 Å². The van der Waals surface area contributed by atoms with Crippen LogP contribution in [0.5, 0.6) is 0 Å². The number of hydrogen-bond donors (Lipinski definition) is 1. The second-order valence-corrected chi connectivity index (χ2v) is 6.10. The second-order valence-electron chi connectivity index (χ2n) is 4.50. The van der Waals surface area contributed by atoms with Gasteiger partial charge in [-0.15, -0.1) is 0 Å². The van der Waals surface area contributed by atoms with Gasteiger partial charge in [0.1, 0.15) is 0 Å². The van der Waals surface area contributed by atoms with E-state index in [1.165, 1.54) is 15.7 Å². The van der Waals surface area contributed by atoms with Crippen molar-refractivity contribution in [2.24, 2.45) is 5.92 Å². The largest absolute Gasteiger partial charge is 0.370 e. The zero-order valence-corrected chi connectivity index (χ0v) is 13.0. The maximum Gasteiger partial charge on any atom is 0.0503 e. The van der Waals surface area contributed by atoms with E-state index in [2.05, 4.69) is 45.8 Å². The predicted molar refractivity (Wildman–Crippen MR) is 83.0 cm³/mol. The molecule has 1 aromatic carbocycles. The summed E-state index contributed by atoms with van der Waals surface area (Å²) in [6.07, 6.45) is 1.28. The highest BCUT2D eigenvalue weighted by Crippen LogP contribution is 2.29. The van der Waals surface area contributed by atoms with Crippen LogP contribution >= 0.6 is 34.2 Å². The van der Waals surface area contributed by atoms with Gasteiger partial charge in [-0.05, 0) is 66.2 Å². The molecule has 1 N–H and O–H groups in total. The van der Waals surface area contributed by atoms with Crippen LogP contribution in [0.1, 0.15) is 13.3 Å². The van der Waals surface area contributed by atoms with Gasteiger partial charge in [0, 0.05) is 21.7 Å². The van der Waals surface area contributed by atoms with Gasteiger partial charge in [-0.25, -0.2) is 0 Å². The number of hydrogen-bond acceptors (Lipinski definition) is 2. The highest BCUT2D eigenvalue weighted by atomic mass is 127. The Balaban J connectivity index is 2.00. The summed E-state index contributed by atoms with van der Waals surface area (Å²) in [4.78, 5) is 2.47. The number of halogens is 2. The molecule has 1 heterocycles. The summed E-state index contributed by atoms with van der Waals surface area (Å²) in [6, 6.07) is 6.16. The Labute approximate surface area is 122 Å². The van der Waals surface area contributed by atoms with Crippen molar-refractivity contribution in [3.63, 3.8) is 0 Å². The number of nitrogens with zero attached hydrogens (tertiary/aromatic N) is 1. The van der Waals surface area contributed by atoms with Crippen LogP contribution in [-0.2, 0) is 0 Å². The molecule has 1 aliphatic rings. The molecule has 1 saturated heterocycles. The molecule has 0 radical (unpaired) electrons. The highest BCUT2D eigenvalue weighted by molar-refractivity contribution is 14.1. The maximum absolute atomic E-state index is 5.99. The minimum Gasteiger partial charge on any atom is -0.370 e. The molecule has 1 unspecified atom stereocenters. The van der Waals surface area contributed by atoms with Gasteiger partial charge in [-0.2, -0.15) is 0 Å². The van der Waals surface area contributed by atoms with Gasteiger partial charge in [-0.1, -0.05) is 18.5 Å². The fourth-order valence-electron chi connectivity index (χ4n) is 2.30. The number of nitrogens with one attached hydrogen (secondary N) is 1. The van der Waals surface area contributed by atoms with Crippen molar-refractivity contribution in [1.82, 2.24) is 5.32 Å². The van der Waals surface area contributed by atoms with E-state index in [0.717, 1.165) is 37.1 Å². The molecule has 94 valence electrons. The van der Waals surface area contributed by atoms with Crippen molar-refractivity contribution >= 4 is 39.9 Å². The van der Waals surface area contributed by atoms with E-state index < -0.39 is 0 Å². The van der Waals surface area contributed by atoms with E-state index in [4.69, 9.17) is 11.6 Å². The van der Waals surface area contributed by atoms with Crippen molar-refractivity contribution in [3.8, 4) is 0 Å². The molecule has 2 rings (SSSR count). The third-order valence-corrected chi connectivity index (χ3v) is 4.32. The third-order valence-electron chi connectivity index (χ3n) is 3.22. The van der Waals surface area contributed by atoms with Crippen molar-refractivity contribution in [2.75, 3.05) is 31.1 Å². The Bertz CT molecular complexity index is 384. The fraction of sp³-hybridized carbons (Fsp3) is 0.538. The van der Waals surface area contributed by atoms with Gasteiger partial charge in [0.2, 0.25) is 0 Å². The summed E-state index contributed by atoms with van der Waals surface area (Å²) in [5.41, 5.74) is 1.33. The summed E-state index contributed by atoms with van der Waals surface area (Å²) in [6.45, 7) is 6.68. The molecule has 0 saturated carbocycles. The Kier molecular flexibility index (Phi) is 4.94. The SMILES string of the molecule is CCNCC1CCN(c2ccc(Cl)cc2I)C1. The van der Waals surface area contributed by atoms with E-state index in [9.17, 15) is 0 Å². The summed E-state index contributed by atoms with van der Waals surface area (Å²) >= 11 is 8.36. The average Bonchev–Trinajstić information content (AvgIpc) is 2.75. The van der Waals surface area contributed by atoms with Gasteiger partial charge in [0.05, 0.1) is 5.69 Å². The topological polar surface area (TPSA) is 15.3 Å². The van der Waals surface area contributed by atoms with Crippen LogP contribution in [0.2, 0.25) is 5.02 Å². The summed E-state index contributed by atoms with van der Waals surface area (Å²) in [7, 11) is 0. The van der Waals surface area contributed by atoms with E-state index in [1.54, 1.807) is 0 Å². The maximum atomic E-state index is 5.99. The van der Waals surface area contributed by atoms with Crippen LogP contribution in [0.4, 0.5) is 5.69 Å². The number of rotatable bonds is 4. The minimum absolute atomic E-state index is 0.779. The quantitative estimate of drug-likeness (QED) is 0.824. The van der Waals surface area contributed by atoms with Crippen molar-refractivity contribution in [1.29, 1.82) is 0 Å². The lowest BCUT2D eigenvalue weighted by molar-refractivity contribution is 0.528. The summed E-state index contributed by atoms with van der Waals surface area (Å²) in [5, 5.41) is 4.26. The molecular weight excluding hydrogens is 347 g/mol. The highest BCUT2D eigenvalue weighted by Gasteiger charge is 2.23. The van der Waals surface area contributed by atoms with Gasteiger partial charge >= 0.3 is 0 Å². The number of anilines is 1. The third kappa shape index (κ3) is 3.48. The number of benzene rings is 1. The molecule has 17 heavy (non-hydrogen) atoms. The summed E-state index contributed by atoms with van der Waals surface area (Å²) in [5.74, 6) is 0.779. The molecule has 2 nitrogen and oxygen atoms in total. The van der Waals surface area contributed by atoms with Gasteiger partial charge in [0.25, 0.3) is 0 Å². The Morgan fingerprint density at radius 2 is 2.35 bits per heavy atom.